The van der Waals surface area contributed by atoms with Crippen molar-refractivity contribution in [3.8, 4) is 11.8 Å². The molecule has 7 heteroatoms. The second-order valence-electron chi connectivity index (χ2n) is 4.83. The first-order valence-corrected chi connectivity index (χ1v) is 7.22. The van der Waals surface area contributed by atoms with Crippen LogP contribution in [0.25, 0.3) is 0 Å². The summed E-state index contributed by atoms with van der Waals surface area (Å²) in [5.74, 6) is -1.29. The van der Waals surface area contributed by atoms with Crippen LogP contribution >= 0.6 is 11.6 Å². The molecule has 1 aliphatic rings. The molecule has 23 heavy (non-hydrogen) atoms. The Labute approximate surface area is 138 Å². The van der Waals surface area contributed by atoms with Crippen LogP contribution in [0.4, 0.5) is 0 Å². The minimum absolute atomic E-state index is 0.0766. The van der Waals surface area contributed by atoms with Gasteiger partial charge in [0.2, 0.25) is 5.88 Å². The van der Waals surface area contributed by atoms with Crippen LogP contribution in [0, 0.1) is 11.3 Å². The van der Waals surface area contributed by atoms with Gasteiger partial charge in [-0.2, -0.15) is 5.26 Å². The lowest BCUT2D eigenvalue weighted by Gasteiger charge is -2.27. The molecule has 1 aliphatic heterocycles. The van der Waals surface area contributed by atoms with Crippen molar-refractivity contribution in [2.24, 2.45) is 5.73 Å². The highest BCUT2D eigenvalue weighted by Gasteiger charge is 2.36. The number of benzene rings is 1. The fourth-order valence-electron chi connectivity index (χ4n) is 2.39. The summed E-state index contributed by atoms with van der Waals surface area (Å²) >= 11 is 5.94. The number of hydrogen-bond donors (Lipinski definition) is 2. The van der Waals surface area contributed by atoms with Gasteiger partial charge in [0.1, 0.15) is 23.2 Å². The number of carbonyl (C=O) groups is 1. The number of allylic oxidation sites excluding steroid dienone is 2. The van der Waals surface area contributed by atoms with Gasteiger partial charge in [-0.1, -0.05) is 17.7 Å². The molecule has 0 saturated heterocycles. The summed E-state index contributed by atoms with van der Waals surface area (Å²) in [5.41, 5.74) is 6.57. The van der Waals surface area contributed by atoms with Crippen LogP contribution in [0.1, 0.15) is 25.3 Å². The number of phenolic OH excluding ortho intramolecular Hbond substituents is 1. The van der Waals surface area contributed by atoms with Gasteiger partial charge in [-0.15, -0.1) is 0 Å². The maximum Gasteiger partial charge on any atom is 0.338 e. The Balaban J connectivity index is 2.64. The number of hydrogen-bond acceptors (Lipinski definition) is 6. The van der Waals surface area contributed by atoms with Gasteiger partial charge in [-0.3, -0.25) is 0 Å². The largest absolute Gasteiger partial charge is 0.506 e. The molecule has 1 heterocycles. The maximum absolute atomic E-state index is 12.3. The molecule has 0 saturated carbocycles. The monoisotopic (exact) mass is 334 g/mol. The Morgan fingerprint density at radius 1 is 1.57 bits per heavy atom. The summed E-state index contributed by atoms with van der Waals surface area (Å²) < 4.78 is 10.4. The molecule has 0 aliphatic carbocycles. The Hall–Kier alpha value is -2.65. The van der Waals surface area contributed by atoms with Crippen molar-refractivity contribution in [2.75, 3.05) is 6.61 Å². The molecule has 120 valence electrons. The summed E-state index contributed by atoms with van der Waals surface area (Å²) in [7, 11) is 0. The number of nitrogens with two attached hydrogens (primary N) is 1. The number of esters is 1. The molecule has 0 amide bonds. The van der Waals surface area contributed by atoms with E-state index in [-0.39, 0.29) is 40.2 Å². The summed E-state index contributed by atoms with van der Waals surface area (Å²) in [6.07, 6.45) is 0. The molecule has 1 unspecified atom stereocenters. The molecular weight excluding hydrogens is 320 g/mol. The van der Waals surface area contributed by atoms with Crippen molar-refractivity contribution in [3.63, 3.8) is 0 Å². The fourth-order valence-corrected chi connectivity index (χ4v) is 2.58. The molecule has 2 rings (SSSR count). The van der Waals surface area contributed by atoms with Crippen molar-refractivity contribution >= 4 is 17.6 Å². The smallest absolute Gasteiger partial charge is 0.338 e. The van der Waals surface area contributed by atoms with Gasteiger partial charge < -0.3 is 20.3 Å². The third-order valence-electron chi connectivity index (χ3n) is 3.41. The van der Waals surface area contributed by atoms with E-state index in [2.05, 4.69) is 0 Å². The highest BCUT2D eigenvalue weighted by molar-refractivity contribution is 6.32. The highest BCUT2D eigenvalue weighted by atomic mass is 35.5. The van der Waals surface area contributed by atoms with E-state index in [1.165, 1.54) is 12.1 Å². The number of nitriles is 1. The van der Waals surface area contributed by atoms with Gasteiger partial charge >= 0.3 is 5.97 Å². The second kappa shape index (κ2) is 6.63. The minimum Gasteiger partial charge on any atom is -0.506 e. The molecule has 0 bridgehead atoms. The van der Waals surface area contributed by atoms with Gasteiger partial charge in [0.05, 0.1) is 23.1 Å². The number of phenols is 1. The summed E-state index contributed by atoms with van der Waals surface area (Å²) in [4.78, 5) is 12.3. The molecule has 1 aromatic carbocycles. The van der Waals surface area contributed by atoms with E-state index >= 15 is 0 Å². The van der Waals surface area contributed by atoms with Crippen LogP contribution < -0.4 is 5.73 Å². The second-order valence-corrected chi connectivity index (χ2v) is 5.23. The van der Waals surface area contributed by atoms with Gasteiger partial charge in [-0.05, 0) is 31.5 Å². The van der Waals surface area contributed by atoms with Crippen molar-refractivity contribution in [1.29, 1.82) is 5.26 Å². The molecule has 0 radical (unpaired) electrons. The van der Waals surface area contributed by atoms with Crippen LogP contribution in [-0.2, 0) is 14.3 Å². The first-order chi connectivity index (χ1) is 10.9. The van der Waals surface area contributed by atoms with Crippen LogP contribution in [0.2, 0.25) is 5.02 Å². The SMILES string of the molecule is CCOC(=O)C1=C(C)OC(N)=C(C#N)C1c1ccc(O)c(Cl)c1. The lowest BCUT2D eigenvalue weighted by atomic mass is 9.83. The van der Waals surface area contributed by atoms with Gasteiger partial charge in [0.25, 0.3) is 0 Å². The number of halogens is 1. The van der Waals surface area contributed by atoms with Crippen molar-refractivity contribution in [2.45, 2.75) is 19.8 Å². The third-order valence-corrected chi connectivity index (χ3v) is 3.71. The Bertz CT molecular complexity index is 762. The van der Waals surface area contributed by atoms with E-state index in [4.69, 9.17) is 26.8 Å². The Kier molecular flexibility index (Phi) is 4.82. The number of rotatable bonds is 3. The quantitative estimate of drug-likeness (QED) is 0.823. The summed E-state index contributed by atoms with van der Waals surface area (Å²) in [6, 6.07) is 6.39. The predicted octanol–water partition coefficient (Wildman–Crippen LogP) is 2.69. The molecule has 1 aromatic rings. The average Bonchev–Trinajstić information content (AvgIpc) is 2.49. The maximum atomic E-state index is 12.3. The predicted molar refractivity (Wildman–Crippen MR) is 83.1 cm³/mol. The van der Waals surface area contributed by atoms with Crippen molar-refractivity contribution < 1.29 is 19.4 Å². The van der Waals surface area contributed by atoms with Crippen LogP contribution in [-0.4, -0.2) is 17.7 Å². The minimum atomic E-state index is -0.772. The van der Waals surface area contributed by atoms with Crippen molar-refractivity contribution in [3.05, 3.63) is 51.6 Å². The van der Waals surface area contributed by atoms with Gasteiger partial charge in [0.15, 0.2) is 0 Å². The highest BCUT2D eigenvalue weighted by Crippen LogP contribution is 2.41. The molecule has 3 N–H and O–H groups in total. The number of aromatic hydroxyl groups is 1. The first kappa shape index (κ1) is 16.7. The number of ether oxygens (including phenoxy) is 2. The first-order valence-electron chi connectivity index (χ1n) is 6.84. The zero-order valence-electron chi connectivity index (χ0n) is 12.6. The fraction of sp³-hybridized carbons (Fsp3) is 0.250. The van der Waals surface area contributed by atoms with E-state index in [1.807, 2.05) is 6.07 Å². The van der Waals surface area contributed by atoms with E-state index in [9.17, 15) is 15.2 Å². The molecule has 0 spiro atoms. The zero-order chi connectivity index (χ0) is 17.1. The molecule has 6 nitrogen and oxygen atoms in total. The Morgan fingerprint density at radius 3 is 2.83 bits per heavy atom. The standard InChI is InChI=1S/C16H15ClN2O4/c1-3-22-16(21)13-8(2)23-15(19)10(7-18)14(13)9-4-5-12(20)11(17)6-9/h4-6,14,20H,3,19H2,1-2H3. The van der Waals surface area contributed by atoms with E-state index < -0.39 is 11.9 Å². The van der Waals surface area contributed by atoms with Crippen molar-refractivity contribution in [1.82, 2.24) is 0 Å². The molecule has 0 fully saturated rings. The summed E-state index contributed by atoms with van der Waals surface area (Å²) in [5, 5.41) is 19.1. The lowest BCUT2D eigenvalue weighted by molar-refractivity contribution is -0.139. The topological polar surface area (TPSA) is 106 Å². The normalized spacial score (nSPS) is 17.6. The van der Waals surface area contributed by atoms with E-state index in [0.717, 1.165) is 0 Å². The third kappa shape index (κ3) is 3.10. The van der Waals surface area contributed by atoms with E-state index in [1.54, 1.807) is 19.9 Å². The summed E-state index contributed by atoms with van der Waals surface area (Å²) in [6.45, 7) is 3.43. The van der Waals surface area contributed by atoms with Gasteiger partial charge in [0, 0.05) is 0 Å². The molecule has 0 aromatic heterocycles. The van der Waals surface area contributed by atoms with Gasteiger partial charge in [-0.25, -0.2) is 4.79 Å². The lowest BCUT2D eigenvalue weighted by Crippen LogP contribution is -2.25. The average molecular weight is 335 g/mol. The van der Waals surface area contributed by atoms with Crippen LogP contribution in [0.15, 0.2) is 41.0 Å². The van der Waals surface area contributed by atoms with E-state index in [0.29, 0.717) is 5.56 Å². The van der Waals surface area contributed by atoms with Crippen LogP contribution in [0.5, 0.6) is 5.75 Å². The Morgan fingerprint density at radius 2 is 2.26 bits per heavy atom. The zero-order valence-corrected chi connectivity index (χ0v) is 13.3. The van der Waals surface area contributed by atoms with Crippen LogP contribution in [0.3, 0.4) is 0 Å². The number of nitrogens with zero attached hydrogens (tertiary/aromatic N) is 1. The number of carbonyl (C=O) groups excluding carboxylic acids is 1. The molecular formula is C16H15ClN2O4. The molecule has 1 atom stereocenters.